The summed E-state index contributed by atoms with van der Waals surface area (Å²) in [6.45, 7) is 0.626. The van der Waals surface area contributed by atoms with Gasteiger partial charge in [-0.2, -0.15) is 13.2 Å². The van der Waals surface area contributed by atoms with Gasteiger partial charge in [-0.25, -0.2) is 0 Å². The second-order valence-corrected chi connectivity index (χ2v) is 5.21. The normalized spacial score (nSPS) is 20.9. The second-order valence-electron chi connectivity index (χ2n) is 5.21. The Kier molecular flexibility index (Phi) is 5.75. The van der Waals surface area contributed by atoms with Crippen LogP contribution in [0.5, 0.6) is 0 Å². The van der Waals surface area contributed by atoms with Crippen LogP contribution >= 0.6 is 0 Å². The Morgan fingerprint density at radius 2 is 2.25 bits per heavy atom. The highest BCUT2D eigenvalue weighted by atomic mass is 19.4. The van der Waals surface area contributed by atoms with Crippen LogP contribution in [0.3, 0.4) is 0 Å². The molecule has 0 bridgehead atoms. The minimum Gasteiger partial charge on any atom is -0.379 e. The van der Waals surface area contributed by atoms with Crippen LogP contribution in [0.25, 0.3) is 10.4 Å². The van der Waals surface area contributed by atoms with Crippen molar-refractivity contribution in [2.75, 3.05) is 45.9 Å². The van der Waals surface area contributed by atoms with Crippen molar-refractivity contribution in [2.45, 2.75) is 12.3 Å². The maximum atomic E-state index is 13.5. The molecule has 2 heterocycles. The molecule has 0 aliphatic carbocycles. The standard InChI is InChI=1S/C12H18F3N7O2/c13-12(14,15)11-21-3-1-18-7-8(21)9(10(16)23)22(11)4-6-24-5-2-19-20-17/h11,18H,1-7H2,(H2,16,23). The van der Waals surface area contributed by atoms with Crippen molar-refractivity contribution in [3.05, 3.63) is 21.8 Å². The van der Waals surface area contributed by atoms with Crippen LogP contribution < -0.4 is 11.1 Å². The molecule has 1 atom stereocenters. The number of amides is 1. The molecule has 2 rings (SSSR count). The van der Waals surface area contributed by atoms with Crippen LogP contribution in [0.1, 0.15) is 0 Å². The molecule has 1 fully saturated rings. The van der Waals surface area contributed by atoms with E-state index in [0.717, 1.165) is 9.80 Å². The predicted molar refractivity (Wildman–Crippen MR) is 77.2 cm³/mol. The third kappa shape index (κ3) is 3.83. The van der Waals surface area contributed by atoms with E-state index in [4.69, 9.17) is 16.0 Å². The van der Waals surface area contributed by atoms with E-state index in [-0.39, 0.29) is 50.8 Å². The molecular weight excluding hydrogens is 331 g/mol. The lowest BCUT2D eigenvalue weighted by atomic mass is 10.2. The fourth-order valence-electron chi connectivity index (χ4n) is 2.88. The van der Waals surface area contributed by atoms with Crippen LogP contribution in [0.4, 0.5) is 13.2 Å². The van der Waals surface area contributed by atoms with Crippen LogP contribution in [-0.2, 0) is 9.53 Å². The fourth-order valence-corrected chi connectivity index (χ4v) is 2.88. The summed E-state index contributed by atoms with van der Waals surface area (Å²) in [5, 5.41) is 6.20. The number of carbonyl (C=O) groups excluding carboxylic acids is 1. The highest BCUT2D eigenvalue weighted by molar-refractivity contribution is 5.92. The Morgan fingerprint density at radius 3 is 2.88 bits per heavy atom. The lowest BCUT2D eigenvalue weighted by molar-refractivity contribution is -0.208. The second kappa shape index (κ2) is 7.60. The van der Waals surface area contributed by atoms with Gasteiger partial charge in [0.15, 0.2) is 0 Å². The summed E-state index contributed by atoms with van der Waals surface area (Å²) in [5.41, 5.74) is 13.6. The zero-order chi connectivity index (χ0) is 17.7. The molecule has 0 saturated carbocycles. The first kappa shape index (κ1) is 18.2. The third-order valence-electron chi connectivity index (χ3n) is 3.72. The van der Waals surface area contributed by atoms with Gasteiger partial charge in [-0.1, -0.05) is 5.11 Å². The molecule has 0 aromatic heterocycles. The van der Waals surface area contributed by atoms with E-state index in [9.17, 15) is 18.0 Å². The lowest BCUT2D eigenvalue weighted by Crippen LogP contribution is -2.55. The fraction of sp³-hybridized carbons (Fsp3) is 0.750. The summed E-state index contributed by atoms with van der Waals surface area (Å²) in [4.78, 5) is 16.4. The summed E-state index contributed by atoms with van der Waals surface area (Å²) in [5.74, 6) is -0.903. The van der Waals surface area contributed by atoms with Crippen LogP contribution in [0, 0.1) is 0 Å². The number of hydrogen-bond acceptors (Lipinski definition) is 6. The van der Waals surface area contributed by atoms with E-state index < -0.39 is 18.2 Å². The average Bonchev–Trinajstić information content (AvgIpc) is 2.84. The van der Waals surface area contributed by atoms with Crippen LogP contribution in [0.2, 0.25) is 0 Å². The Balaban J connectivity index is 2.14. The summed E-state index contributed by atoms with van der Waals surface area (Å²) >= 11 is 0. The molecule has 0 aromatic carbocycles. The first-order chi connectivity index (χ1) is 11.4. The largest absolute Gasteiger partial charge is 0.427 e. The molecule has 0 aromatic rings. The SMILES string of the molecule is [N-]=[N+]=NCCOCCN1C(C(N)=O)=C2CNCCN2C1C(F)(F)F. The number of ether oxygens (including phenoxy) is 1. The van der Waals surface area contributed by atoms with Crippen molar-refractivity contribution in [3.8, 4) is 0 Å². The van der Waals surface area contributed by atoms with E-state index >= 15 is 0 Å². The summed E-state index contributed by atoms with van der Waals surface area (Å²) in [7, 11) is 0. The smallest absolute Gasteiger partial charge is 0.379 e. The number of carbonyl (C=O) groups is 1. The van der Waals surface area contributed by atoms with E-state index in [1.165, 1.54) is 0 Å². The molecule has 1 amide bonds. The number of nitrogens with zero attached hydrogens (tertiary/aromatic N) is 5. The number of primary amides is 1. The first-order valence-corrected chi connectivity index (χ1v) is 7.30. The highest BCUT2D eigenvalue weighted by Gasteiger charge is 2.54. The van der Waals surface area contributed by atoms with Crippen molar-refractivity contribution < 1.29 is 22.7 Å². The van der Waals surface area contributed by atoms with Gasteiger partial charge >= 0.3 is 6.18 Å². The van der Waals surface area contributed by atoms with Crippen molar-refractivity contribution in [2.24, 2.45) is 10.8 Å². The van der Waals surface area contributed by atoms with Gasteiger partial charge in [0.25, 0.3) is 5.91 Å². The van der Waals surface area contributed by atoms with Gasteiger partial charge in [-0.15, -0.1) is 0 Å². The Labute approximate surface area is 135 Å². The lowest BCUT2D eigenvalue weighted by Gasteiger charge is -2.37. The molecule has 1 saturated heterocycles. The number of halogens is 3. The predicted octanol–water partition coefficient (Wildman–Crippen LogP) is 0.119. The molecule has 0 radical (unpaired) electrons. The van der Waals surface area contributed by atoms with Crippen LogP contribution in [0.15, 0.2) is 16.5 Å². The molecule has 0 spiro atoms. The van der Waals surface area contributed by atoms with Gasteiger partial charge in [-0.05, 0) is 5.53 Å². The Bertz CT molecular complexity index is 559. The van der Waals surface area contributed by atoms with Gasteiger partial charge in [0.2, 0.25) is 6.17 Å². The van der Waals surface area contributed by atoms with E-state index in [0.29, 0.717) is 6.54 Å². The van der Waals surface area contributed by atoms with E-state index in [1.54, 1.807) is 0 Å². The molecule has 24 heavy (non-hydrogen) atoms. The number of nitrogens with two attached hydrogens (primary N) is 1. The number of rotatable bonds is 7. The molecule has 2 aliphatic heterocycles. The van der Waals surface area contributed by atoms with Gasteiger partial charge in [-0.3, -0.25) is 4.79 Å². The average molecular weight is 349 g/mol. The number of nitrogens with one attached hydrogen (secondary N) is 1. The van der Waals surface area contributed by atoms with E-state index in [1.807, 2.05) is 0 Å². The number of fused-ring (bicyclic) bond motifs is 1. The molecule has 134 valence electrons. The van der Waals surface area contributed by atoms with Crippen molar-refractivity contribution in [1.29, 1.82) is 0 Å². The molecule has 1 unspecified atom stereocenters. The number of piperazine rings is 1. The third-order valence-corrected chi connectivity index (χ3v) is 3.72. The maximum Gasteiger partial charge on any atom is 0.427 e. The zero-order valence-corrected chi connectivity index (χ0v) is 12.8. The monoisotopic (exact) mass is 349 g/mol. The van der Waals surface area contributed by atoms with Gasteiger partial charge in [0, 0.05) is 37.6 Å². The number of azide groups is 1. The zero-order valence-electron chi connectivity index (χ0n) is 12.8. The van der Waals surface area contributed by atoms with Crippen molar-refractivity contribution >= 4 is 5.91 Å². The summed E-state index contributed by atoms with van der Waals surface area (Å²) in [6, 6.07) is 0. The maximum absolute atomic E-state index is 13.5. The molecular formula is C12H18F3N7O2. The summed E-state index contributed by atoms with van der Waals surface area (Å²) < 4.78 is 45.7. The quantitative estimate of drug-likeness (QED) is 0.293. The molecule has 9 nitrogen and oxygen atoms in total. The molecule has 12 heteroatoms. The molecule has 2 aliphatic rings. The van der Waals surface area contributed by atoms with E-state index in [2.05, 4.69) is 15.3 Å². The number of alkyl halides is 3. The summed E-state index contributed by atoms with van der Waals surface area (Å²) in [6.07, 6.45) is -6.48. The van der Waals surface area contributed by atoms with Gasteiger partial charge in [0.1, 0.15) is 5.70 Å². The van der Waals surface area contributed by atoms with Crippen molar-refractivity contribution in [1.82, 2.24) is 15.1 Å². The Hall–Kier alpha value is -2.17. The van der Waals surface area contributed by atoms with Crippen LogP contribution in [-0.4, -0.2) is 74.0 Å². The first-order valence-electron chi connectivity index (χ1n) is 7.30. The number of hydrogen-bond donors (Lipinski definition) is 2. The minimum atomic E-state index is -4.55. The highest BCUT2D eigenvalue weighted by Crippen LogP contribution is 2.38. The topological polar surface area (TPSA) is 120 Å². The molecule has 3 N–H and O–H groups in total. The minimum absolute atomic E-state index is 0.0567. The van der Waals surface area contributed by atoms with Gasteiger partial charge in [0.05, 0.1) is 18.9 Å². The van der Waals surface area contributed by atoms with Gasteiger partial charge < -0.3 is 25.6 Å². The van der Waals surface area contributed by atoms with Crippen molar-refractivity contribution in [3.63, 3.8) is 0 Å². The Morgan fingerprint density at radius 1 is 1.50 bits per heavy atom.